The fourth-order valence-corrected chi connectivity index (χ4v) is 3.10. The molecule has 2 aromatic heterocycles. The molecule has 0 unspecified atom stereocenters. The zero-order valence-electron chi connectivity index (χ0n) is 14.5. The third kappa shape index (κ3) is 4.74. The fourth-order valence-electron chi connectivity index (χ4n) is 2.57. The van der Waals surface area contributed by atoms with E-state index in [2.05, 4.69) is 31.4 Å². The van der Waals surface area contributed by atoms with Gasteiger partial charge < -0.3 is 5.32 Å². The second-order valence-electron chi connectivity index (χ2n) is 6.08. The molecule has 0 aliphatic carbocycles. The second kappa shape index (κ2) is 8.05. The average molecular weight is 437 g/mol. The lowest BCUT2D eigenvalue weighted by molar-refractivity contribution is -0.116. The highest BCUT2D eigenvalue weighted by Crippen LogP contribution is 2.16. The van der Waals surface area contributed by atoms with Gasteiger partial charge in [-0.2, -0.15) is 10.2 Å². The summed E-state index contributed by atoms with van der Waals surface area (Å²) in [7, 11) is 0. The molecule has 3 aromatic rings. The molecule has 136 valence electrons. The molecule has 0 saturated carbocycles. The second-order valence-corrected chi connectivity index (χ2v) is 7.37. The van der Waals surface area contributed by atoms with Crippen LogP contribution < -0.4 is 5.32 Å². The van der Waals surface area contributed by atoms with Gasteiger partial charge in [0.05, 0.1) is 16.7 Å². The van der Waals surface area contributed by atoms with Crippen LogP contribution in [-0.4, -0.2) is 25.5 Å². The number of aryl methyl sites for hydroxylation is 3. The smallest absolute Gasteiger partial charge is 0.227 e. The average Bonchev–Trinajstić information content (AvgIpc) is 3.08. The summed E-state index contributed by atoms with van der Waals surface area (Å²) < 4.78 is 4.53. The number of carbonyl (C=O) groups is 1. The van der Waals surface area contributed by atoms with E-state index in [0.29, 0.717) is 30.4 Å². The SMILES string of the molecule is Cc1nn(CCC(=O)Nc2cc(C)n(Cc3cccc(Cl)c3)n2)cc1Br. The number of amides is 1. The van der Waals surface area contributed by atoms with Gasteiger partial charge in [0, 0.05) is 35.9 Å². The molecule has 3 rings (SSSR count). The number of halogens is 2. The minimum atomic E-state index is -0.0957. The van der Waals surface area contributed by atoms with Gasteiger partial charge in [-0.25, -0.2) is 0 Å². The van der Waals surface area contributed by atoms with Gasteiger partial charge in [0.15, 0.2) is 5.82 Å². The van der Waals surface area contributed by atoms with Crippen molar-refractivity contribution in [1.82, 2.24) is 19.6 Å². The Bertz CT molecular complexity index is 914. The molecule has 0 radical (unpaired) electrons. The number of hydrogen-bond acceptors (Lipinski definition) is 3. The lowest BCUT2D eigenvalue weighted by Crippen LogP contribution is -2.15. The van der Waals surface area contributed by atoms with Crippen LogP contribution in [0.2, 0.25) is 5.02 Å². The summed E-state index contributed by atoms with van der Waals surface area (Å²) in [5.41, 5.74) is 2.92. The van der Waals surface area contributed by atoms with Crippen molar-refractivity contribution in [3.05, 3.63) is 63.0 Å². The van der Waals surface area contributed by atoms with Crippen molar-refractivity contribution in [1.29, 1.82) is 0 Å². The van der Waals surface area contributed by atoms with Crippen LogP contribution in [0.25, 0.3) is 0 Å². The largest absolute Gasteiger partial charge is 0.309 e. The lowest BCUT2D eigenvalue weighted by Gasteiger charge is -2.05. The Labute approximate surface area is 165 Å². The van der Waals surface area contributed by atoms with Crippen LogP contribution in [0.5, 0.6) is 0 Å². The molecule has 0 bridgehead atoms. The summed E-state index contributed by atoms with van der Waals surface area (Å²) in [4.78, 5) is 12.2. The van der Waals surface area contributed by atoms with Crippen molar-refractivity contribution in [3.63, 3.8) is 0 Å². The summed E-state index contributed by atoms with van der Waals surface area (Å²) in [6.07, 6.45) is 2.19. The first-order valence-electron chi connectivity index (χ1n) is 8.19. The predicted octanol–water partition coefficient (Wildman–Crippen LogP) is 4.19. The highest BCUT2D eigenvalue weighted by atomic mass is 79.9. The molecule has 6 nitrogen and oxygen atoms in total. The van der Waals surface area contributed by atoms with Gasteiger partial charge in [-0.1, -0.05) is 23.7 Å². The molecule has 26 heavy (non-hydrogen) atoms. The van der Waals surface area contributed by atoms with Crippen molar-refractivity contribution < 1.29 is 4.79 Å². The third-order valence-corrected chi connectivity index (χ3v) is 4.94. The Morgan fingerprint density at radius 3 is 2.77 bits per heavy atom. The Kier molecular flexibility index (Phi) is 5.78. The van der Waals surface area contributed by atoms with Crippen molar-refractivity contribution in [3.8, 4) is 0 Å². The highest BCUT2D eigenvalue weighted by Gasteiger charge is 2.10. The molecule has 0 fully saturated rings. The number of nitrogens with one attached hydrogen (secondary N) is 1. The maximum atomic E-state index is 12.2. The molecule has 1 aromatic carbocycles. The molecule has 2 heterocycles. The van der Waals surface area contributed by atoms with E-state index in [1.165, 1.54) is 0 Å². The van der Waals surface area contributed by atoms with E-state index in [9.17, 15) is 4.79 Å². The van der Waals surface area contributed by atoms with Crippen molar-refractivity contribution in [2.45, 2.75) is 33.4 Å². The molecule has 0 saturated heterocycles. The molecule has 0 aliphatic heterocycles. The van der Waals surface area contributed by atoms with Crippen LogP contribution in [0.1, 0.15) is 23.4 Å². The summed E-state index contributed by atoms with van der Waals surface area (Å²) in [5.74, 6) is 0.453. The van der Waals surface area contributed by atoms with Crippen LogP contribution in [0, 0.1) is 13.8 Å². The number of anilines is 1. The minimum absolute atomic E-state index is 0.0957. The Hall–Kier alpha value is -2.12. The molecule has 0 spiro atoms. The fraction of sp³-hybridized carbons (Fsp3) is 0.278. The van der Waals surface area contributed by atoms with Gasteiger partial charge in [0.1, 0.15) is 0 Å². The Morgan fingerprint density at radius 1 is 1.27 bits per heavy atom. The summed E-state index contributed by atoms with van der Waals surface area (Å²) in [5, 5.41) is 12.3. The minimum Gasteiger partial charge on any atom is -0.309 e. The maximum absolute atomic E-state index is 12.2. The number of carbonyl (C=O) groups excluding carboxylic acids is 1. The van der Waals surface area contributed by atoms with Crippen LogP contribution in [0.4, 0.5) is 5.82 Å². The molecular formula is C18H19BrClN5O. The summed E-state index contributed by atoms with van der Waals surface area (Å²) >= 11 is 9.44. The molecule has 1 N–H and O–H groups in total. The van der Waals surface area contributed by atoms with Gasteiger partial charge in [-0.3, -0.25) is 14.2 Å². The van der Waals surface area contributed by atoms with E-state index in [-0.39, 0.29) is 5.91 Å². The number of aromatic nitrogens is 4. The number of rotatable bonds is 6. The van der Waals surface area contributed by atoms with Crippen LogP contribution >= 0.6 is 27.5 Å². The number of benzene rings is 1. The van der Waals surface area contributed by atoms with Gasteiger partial charge in [-0.05, 0) is 47.5 Å². The number of nitrogens with zero attached hydrogens (tertiary/aromatic N) is 4. The predicted molar refractivity (Wildman–Crippen MR) is 105 cm³/mol. The summed E-state index contributed by atoms with van der Waals surface area (Å²) in [6, 6.07) is 9.51. The molecule has 0 aliphatic rings. The maximum Gasteiger partial charge on any atom is 0.227 e. The van der Waals surface area contributed by atoms with Crippen molar-refractivity contribution in [2.75, 3.05) is 5.32 Å². The van der Waals surface area contributed by atoms with E-state index >= 15 is 0 Å². The quantitative estimate of drug-likeness (QED) is 0.630. The first kappa shape index (κ1) is 18.7. The van der Waals surface area contributed by atoms with E-state index < -0.39 is 0 Å². The molecule has 0 atom stereocenters. The topological polar surface area (TPSA) is 64.7 Å². The molecular weight excluding hydrogens is 418 g/mol. The van der Waals surface area contributed by atoms with Gasteiger partial charge in [0.25, 0.3) is 0 Å². The normalized spacial score (nSPS) is 10.9. The first-order valence-corrected chi connectivity index (χ1v) is 9.36. The summed E-state index contributed by atoms with van der Waals surface area (Å²) in [6.45, 7) is 4.98. The van der Waals surface area contributed by atoms with Gasteiger partial charge in [0.2, 0.25) is 5.91 Å². The number of hydrogen-bond donors (Lipinski definition) is 1. The Morgan fingerprint density at radius 2 is 2.08 bits per heavy atom. The highest BCUT2D eigenvalue weighted by molar-refractivity contribution is 9.10. The lowest BCUT2D eigenvalue weighted by atomic mass is 10.2. The first-order chi connectivity index (χ1) is 12.4. The van der Waals surface area contributed by atoms with E-state index in [4.69, 9.17) is 11.6 Å². The van der Waals surface area contributed by atoms with Crippen LogP contribution in [0.3, 0.4) is 0 Å². The van der Waals surface area contributed by atoms with Crippen molar-refractivity contribution in [2.24, 2.45) is 0 Å². The van der Waals surface area contributed by atoms with E-state index in [0.717, 1.165) is 21.4 Å². The van der Waals surface area contributed by atoms with Gasteiger partial charge >= 0.3 is 0 Å². The van der Waals surface area contributed by atoms with Crippen LogP contribution in [0.15, 0.2) is 41.0 Å². The monoisotopic (exact) mass is 435 g/mol. The zero-order chi connectivity index (χ0) is 18.7. The third-order valence-electron chi connectivity index (χ3n) is 3.92. The van der Waals surface area contributed by atoms with E-state index in [1.54, 1.807) is 4.68 Å². The Balaban J connectivity index is 1.58. The van der Waals surface area contributed by atoms with Crippen molar-refractivity contribution >= 4 is 39.3 Å². The zero-order valence-corrected chi connectivity index (χ0v) is 16.9. The van der Waals surface area contributed by atoms with Gasteiger partial charge in [-0.15, -0.1) is 0 Å². The van der Waals surface area contributed by atoms with Crippen LogP contribution in [-0.2, 0) is 17.9 Å². The molecule has 8 heteroatoms. The standard InChI is InChI=1S/C18H19BrClN5O/c1-12-8-17(23-25(12)10-14-4-3-5-15(20)9-14)21-18(26)6-7-24-11-16(19)13(2)22-24/h3-5,8-9,11H,6-7,10H2,1-2H3,(H,21,23,26). The molecule has 1 amide bonds. The van der Waals surface area contributed by atoms with E-state index in [1.807, 2.05) is 55.1 Å².